The van der Waals surface area contributed by atoms with E-state index >= 15 is 0 Å². The standard InChI is InChI=1S/C20H23N5O3.CH4O3S/c1-4-28-13-6-7-15-14(12-13)19-18-16(24(22-19)11-5-10-23(2)3)8-9-17(25(26)27)20(18)21-15;1-5(2,3)4/h6-9,12,21H,4-5,10-11H2,1-3H3;1H3,(H,2,3,4). The van der Waals surface area contributed by atoms with Crippen LogP contribution in [0.5, 0.6) is 5.75 Å². The van der Waals surface area contributed by atoms with Gasteiger partial charge in [-0.3, -0.25) is 19.3 Å². The Hall–Kier alpha value is -3.22. The summed E-state index contributed by atoms with van der Waals surface area (Å²) < 4.78 is 33.5. The first-order chi connectivity index (χ1) is 15.5. The Labute approximate surface area is 191 Å². The molecule has 0 atom stereocenters. The van der Waals surface area contributed by atoms with E-state index in [2.05, 4.69) is 10.2 Å². The molecule has 0 saturated carbocycles. The summed E-state index contributed by atoms with van der Waals surface area (Å²) in [6.07, 6.45) is 1.65. The minimum absolute atomic E-state index is 0.0566. The molecular weight excluding hydrogens is 450 g/mol. The van der Waals surface area contributed by atoms with Gasteiger partial charge in [0.15, 0.2) is 0 Å². The molecule has 2 N–H and O–H groups in total. The highest BCUT2D eigenvalue weighted by atomic mass is 32.2. The molecule has 0 fully saturated rings. The van der Waals surface area contributed by atoms with Crippen LogP contribution in [0.2, 0.25) is 0 Å². The maximum absolute atomic E-state index is 11.6. The van der Waals surface area contributed by atoms with E-state index in [0.29, 0.717) is 18.6 Å². The molecule has 11 nitrogen and oxygen atoms in total. The predicted molar refractivity (Wildman–Crippen MR) is 127 cm³/mol. The molecule has 0 amide bonds. The van der Waals surface area contributed by atoms with E-state index < -0.39 is 10.1 Å². The van der Waals surface area contributed by atoms with Gasteiger partial charge in [0.25, 0.3) is 15.8 Å². The van der Waals surface area contributed by atoms with Gasteiger partial charge < -0.3 is 15.0 Å². The predicted octanol–water partition coefficient (Wildman–Crippen LogP) is 3.52. The number of nitro groups is 1. The maximum atomic E-state index is 11.6. The van der Waals surface area contributed by atoms with Crippen LogP contribution in [0, 0.1) is 10.1 Å². The molecule has 2 aromatic carbocycles. The van der Waals surface area contributed by atoms with Crippen molar-refractivity contribution in [2.24, 2.45) is 0 Å². The van der Waals surface area contributed by atoms with Crippen molar-refractivity contribution in [2.45, 2.75) is 19.9 Å². The Balaban J connectivity index is 0.000000555. The van der Waals surface area contributed by atoms with E-state index in [9.17, 15) is 18.5 Å². The number of benzene rings is 2. The van der Waals surface area contributed by atoms with Crippen LogP contribution in [0.25, 0.3) is 22.2 Å². The third-order valence-corrected chi connectivity index (χ3v) is 4.89. The van der Waals surface area contributed by atoms with Crippen LogP contribution in [0.1, 0.15) is 13.3 Å². The van der Waals surface area contributed by atoms with E-state index in [1.807, 2.05) is 43.9 Å². The first-order valence-corrected chi connectivity index (χ1v) is 12.1. The van der Waals surface area contributed by atoms with Gasteiger partial charge in [-0.15, -0.1) is 0 Å². The highest BCUT2D eigenvalue weighted by molar-refractivity contribution is 7.85. The topological polar surface area (TPSA) is 140 Å². The fraction of sp³-hybridized carbons (Fsp3) is 0.381. The van der Waals surface area contributed by atoms with E-state index in [1.165, 1.54) is 0 Å². The first kappa shape index (κ1) is 24.4. The summed E-state index contributed by atoms with van der Waals surface area (Å²) >= 11 is 0. The molecular formula is C21H27N5O6S. The van der Waals surface area contributed by atoms with Crippen LogP contribution >= 0.6 is 0 Å². The fourth-order valence-electron chi connectivity index (χ4n) is 3.65. The van der Waals surface area contributed by atoms with Gasteiger partial charge in [0.2, 0.25) is 0 Å². The third-order valence-electron chi connectivity index (χ3n) is 4.89. The van der Waals surface area contributed by atoms with Crippen molar-refractivity contribution >= 4 is 38.1 Å². The largest absolute Gasteiger partial charge is 0.494 e. The van der Waals surface area contributed by atoms with Crippen molar-refractivity contribution in [3.63, 3.8) is 0 Å². The van der Waals surface area contributed by atoms with Crippen LogP contribution in [-0.4, -0.2) is 66.1 Å². The lowest BCUT2D eigenvalue weighted by Crippen LogP contribution is -2.15. The zero-order valence-corrected chi connectivity index (χ0v) is 19.7. The summed E-state index contributed by atoms with van der Waals surface area (Å²) in [6, 6.07) is 9.04. The van der Waals surface area contributed by atoms with Gasteiger partial charge in [0.1, 0.15) is 17.1 Å². The number of rotatable bonds is 7. The summed E-state index contributed by atoms with van der Waals surface area (Å²) in [6.45, 7) is 4.20. The van der Waals surface area contributed by atoms with E-state index in [1.54, 1.807) is 12.1 Å². The molecule has 1 aromatic heterocycles. The van der Waals surface area contributed by atoms with Crippen molar-refractivity contribution in [1.82, 2.24) is 14.7 Å². The summed E-state index contributed by atoms with van der Waals surface area (Å²) in [5, 5.41) is 20.5. The second-order valence-electron chi connectivity index (χ2n) is 7.84. The Kier molecular flexibility index (Phi) is 7.20. The zero-order chi connectivity index (χ0) is 24.3. The minimum Gasteiger partial charge on any atom is -0.494 e. The molecule has 1 aliphatic heterocycles. The molecule has 3 aromatic rings. The van der Waals surface area contributed by atoms with Crippen LogP contribution in [0.15, 0.2) is 30.3 Å². The second-order valence-corrected chi connectivity index (χ2v) is 9.30. The summed E-state index contributed by atoms with van der Waals surface area (Å²) in [5.74, 6) is 0.757. The number of hydrogen-bond donors (Lipinski definition) is 2. The number of hydrogen-bond acceptors (Lipinski definition) is 8. The molecule has 0 bridgehead atoms. The summed E-state index contributed by atoms with van der Waals surface area (Å²) in [7, 11) is 0.412. The molecule has 0 aliphatic carbocycles. The van der Waals surface area contributed by atoms with Gasteiger partial charge in [-0.1, -0.05) is 0 Å². The molecule has 2 heterocycles. The van der Waals surface area contributed by atoms with Gasteiger partial charge >= 0.3 is 0 Å². The van der Waals surface area contributed by atoms with Crippen molar-refractivity contribution < 1.29 is 22.6 Å². The third kappa shape index (κ3) is 5.78. The molecule has 0 radical (unpaired) electrons. The lowest BCUT2D eigenvalue weighted by Gasteiger charge is -2.18. The second kappa shape index (κ2) is 9.73. The van der Waals surface area contributed by atoms with Gasteiger partial charge in [-0.05, 0) is 58.3 Å². The number of aryl methyl sites for hydroxylation is 1. The van der Waals surface area contributed by atoms with Crippen molar-refractivity contribution in [3.05, 3.63) is 40.4 Å². The molecule has 0 saturated heterocycles. The van der Waals surface area contributed by atoms with Crippen LogP contribution < -0.4 is 10.1 Å². The van der Waals surface area contributed by atoms with Crippen LogP contribution in [0.3, 0.4) is 0 Å². The summed E-state index contributed by atoms with van der Waals surface area (Å²) in [5.41, 5.74) is 3.91. The number of fused-ring (bicyclic) bond motifs is 2. The highest BCUT2D eigenvalue weighted by Crippen LogP contribution is 2.47. The number of nitrogens with zero attached hydrogens (tertiary/aromatic N) is 4. The highest BCUT2D eigenvalue weighted by Gasteiger charge is 2.29. The number of ether oxygens (including phenoxy) is 1. The Bertz CT molecular complexity index is 1280. The lowest BCUT2D eigenvalue weighted by molar-refractivity contribution is -0.383. The normalized spacial score (nSPS) is 12.1. The average molecular weight is 478 g/mol. The van der Waals surface area contributed by atoms with Crippen LogP contribution in [0.4, 0.5) is 17.1 Å². The SMILES string of the molecule is CCOc1ccc2c(c1)-c1nn(CCCN(C)C)c3ccc([N+](=O)[O-])c(c13)N2.CS(=O)(=O)O. The van der Waals surface area contributed by atoms with Gasteiger partial charge in [-0.25, -0.2) is 0 Å². The van der Waals surface area contributed by atoms with Crippen molar-refractivity contribution in [2.75, 3.05) is 38.8 Å². The molecule has 0 unspecified atom stereocenters. The molecule has 1 aliphatic rings. The first-order valence-electron chi connectivity index (χ1n) is 10.3. The van der Waals surface area contributed by atoms with E-state index in [-0.39, 0.29) is 10.6 Å². The smallest absolute Gasteiger partial charge is 0.293 e. The van der Waals surface area contributed by atoms with Gasteiger partial charge in [0.05, 0.1) is 28.7 Å². The fourth-order valence-corrected chi connectivity index (χ4v) is 3.65. The van der Waals surface area contributed by atoms with E-state index in [4.69, 9.17) is 14.4 Å². The quantitative estimate of drug-likeness (QED) is 0.232. The Morgan fingerprint density at radius 3 is 2.58 bits per heavy atom. The Morgan fingerprint density at radius 1 is 1.27 bits per heavy atom. The zero-order valence-electron chi connectivity index (χ0n) is 18.9. The minimum atomic E-state index is -3.67. The monoisotopic (exact) mass is 477 g/mol. The average Bonchev–Trinajstić information content (AvgIpc) is 3.07. The Morgan fingerprint density at radius 2 is 1.97 bits per heavy atom. The van der Waals surface area contributed by atoms with Crippen molar-refractivity contribution in [1.29, 1.82) is 0 Å². The van der Waals surface area contributed by atoms with Gasteiger partial charge in [-0.2, -0.15) is 13.5 Å². The molecule has 178 valence electrons. The molecule has 0 spiro atoms. The molecule has 12 heteroatoms. The number of anilines is 2. The lowest BCUT2D eigenvalue weighted by atomic mass is 9.99. The molecule has 4 rings (SSSR count). The van der Waals surface area contributed by atoms with Crippen molar-refractivity contribution in [3.8, 4) is 17.0 Å². The maximum Gasteiger partial charge on any atom is 0.293 e. The van der Waals surface area contributed by atoms with Gasteiger partial charge in [0, 0.05) is 23.9 Å². The molecule has 33 heavy (non-hydrogen) atoms. The number of aromatic nitrogens is 2. The van der Waals surface area contributed by atoms with E-state index in [0.717, 1.165) is 53.1 Å². The van der Waals surface area contributed by atoms with Crippen LogP contribution in [-0.2, 0) is 16.7 Å². The summed E-state index contributed by atoms with van der Waals surface area (Å²) in [4.78, 5) is 13.4. The number of nitro benzene ring substituents is 1. The number of nitrogens with one attached hydrogen (secondary N) is 1.